The SMILES string of the molecule is COC(=O)c1ccc(CN2C=CSCC2=O)o1. The number of hydrogen-bond donors (Lipinski definition) is 0. The van der Waals surface area contributed by atoms with Crippen LogP contribution >= 0.6 is 11.8 Å². The van der Waals surface area contributed by atoms with Crippen LogP contribution in [0.1, 0.15) is 16.3 Å². The number of carbonyl (C=O) groups is 2. The Morgan fingerprint density at radius 2 is 2.41 bits per heavy atom. The quantitative estimate of drug-likeness (QED) is 0.766. The van der Waals surface area contributed by atoms with E-state index >= 15 is 0 Å². The minimum absolute atomic E-state index is 0.0218. The summed E-state index contributed by atoms with van der Waals surface area (Å²) in [6.07, 6.45) is 1.71. The van der Waals surface area contributed by atoms with Gasteiger partial charge in [0.05, 0.1) is 19.4 Å². The second-order valence-electron chi connectivity index (χ2n) is 3.38. The van der Waals surface area contributed by atoms with Crippen LogP contribution in [-0.4, -0.2) is 29.6 Å². The van der Waals surface area contributed by atoms with Gasteiger partial charge in [-0.2, -0.15) is 0 Å². The van der Waals surface area contributed by atoms with Crippen molar-refractivity contribution < 1.29 is 18.7 Å². The fraction of sp³-hybridized carbons (Fsp3) is 0.273. The van der Waals surface area contributed by atoms with Crippen LogP contribution in [-0.2, 0) is 16.1 Å². The Kier molecular flexibility index (Phi) is 3.53. The number of ether oxygens (including phenoxy) is 1. The van der Waals surface area contributed by atoms with Gasteiger partial charge in [-0.3, -0.25) is 4.79 Å². The van der Waals surface area contributed by atoms with Crippen LogP contribution in [0.15, 0.2) is 28.2 Å². The molecule has 0 aromatic carbocycles. The molecule has 0 N–H and O–H groups in total. The van der Waals surface area contributed by atoms with E-state index in [-0.39, 0.29) is 11.7 Å². The van der Waals surface area contributed by atoms with Crippen LogP contribution in [0, 0.1) is 0 Å². The number of rotatable bonds is 3. The molecular weight excluding hydrogens is 242 g/mol. The molecule has 0 spiro atoms. The molecule has 1 aromatic rings. The number of methoxy groups -OCH3 is 1. The molecule has 1 aliphatic rings. The molecule has 2 rings (SSSR count). The molecule has 5 nitrogen and oxygen atoms in total. The molecule has 0 fully saturated rings. The van der Waals surface area contributed by atoms with Gasteiger partial charge in [0.25, 0.3) is 0 Å². The van der Waals surface area contributed by atoms with E-state index in [9.17, 15) is 9.59 Å². The molecular formula is C11H11NO4S. The number of nitrogens with zero attached hydrogens (tertiary/aromatic N) is 1. The summed E-state index contributed by atoms with van der Waals surface area (Å²) in [6.45, 7) is 0.326. The van der Waals surface area contributed by atoms with Gasteiger partial charge in [-0.15, -0.1) is 11.8 Å². The first-order valence-corrected chi connectivity index (χ1v) is 6.00. The Balaban J connectivity index is 2.06. The minimum atomic E-state index is -0.521. The third kappa shape index (κ3) is 2.71. The largest absolute Gasteiger partial charge is 0.463 e. The minimum Gasteiger partial charge on any atom is -0.463 e. The van der Waals surface area contributed by atoms with Gasteiger partial charge in [0.1, 0.15) is 5.76 Å². The zero-order chi connectivity index (χ0) is 12.3. The van der Waals surface area contributed by atoms with Gasteiger partial charge in [0.2, 0.25) is 11.7 Å². The summed E-state index contributed by atoms with van der Waals surface area (Å²) in [6, 6.07) is 3.20. The molecule has 0 saturated carbocycles. The van der Waals surface area contributed by atoms with Gasteiger partial charge in [0, 0.05) is 6.20 Å². The molecule has 0 aliphatic carbocycles. The number of hydrogen-bond acceptors (Lipinski definition) is 5. The van der Waals surface area contributed by atoms with Crippen molar-refractivity contribution in [3.8, 4) is 0 Å². The first-order valence-electron chi connectivity index (χ1n) is 4.95. The lowest BCUT2D eigenvalue weighted by molar-refractivity contribution is -0.126. The number of esters is 1. The second kappa shape index (κ2) is 5.09. The second-order valence-corrected chi connectivity index (χ2v) is 4.27. The summed E-state index contributed by atoms with van der Waals surface area (Å²) in [4.78, 5) is 24.2. The average molecular weight is 253 g/mol. The average Bonchev–Trinajstić information content (AvgIpc) is 2.80. The lowest BCUT2D eigenvalue weighted by atomic mass is 10.4. The monoisotopic (exact) mass is 253 g/mol. The molecule has 17 heavy (non-hydrogen) atoms. The highest BCUT2D eigenvalue weighted by Gasteiger charge is 2.17. The van der Waals surface area contributed by atoms with E-state index in [0.29, 0.717) is 18.1 Å². The maximum absolute atomic E-state index is 11.5. The summed E-state index contributed by atoms with van der Waals surface area (Å²) in [5.41, 5.74) is 0. The number of thioether (sulfide) groups is 1. The van der Waals surface area contributed by atoms with Crippen LogP contribution in [0.2, 0.25) is 0 Å². The van der Waals surface area contributed by atoms with E-state index in [4.69, 9.17) is 4.42 Å². The smallest absolute Gasteiger partial charge is 0.373 e. The zero-order valence-corrected chi connectivity index (χ0v) is 10.0. The number of carbonyl (C=O) groups excluding carboxylic acids is 2. The third-order valence-corrected chi connectivity index (χ3v) is 2.97. The predicted octanol–water partition coefficient (Wildman–Crippen LogP) is 1.61. The van der Waals surface area contributed by atoms with Gasteiger partial charge in [-0.25, -0.2) is 4.79 Å². The van der Waals surface area contributed by atoms with Gasteiger partial charge in [0.15, 0.2) is 0 Å². The molecule has 1 aromatic heterocycles. The van der Waals surface area contributed by atoms with Crippen molar-refractivity contribution in [3.05, 3.63) is 35.3 Å². The molecule has 90 valence electrons. The molecule has 1 aliphatic heterocycles. The summed E-state index contributed by atoms with van der Waals surface area (Å²) in [5, 5.41) is 1.85. The van der Waals surface area contributed by atoms with Crippen molar-refractivity contribution in [1.82, 2.24) is 4.90 Å². The van der Waals surface area contributed by atoms with E-state index in [2.05, 4.69) is 4.74 Å². The van der Waals surface area contributed by atoms with Gasteiger partial charge in [-0.05, 0) is 17.5 Å². The topological polar surface area (TPSA) is 59.8 Å². The molecule has 0 atom stereocenters. The van der Waals surface area contributed by atoms with Crippen molar-refractivity contribution in [2.24, 2.45) is 0 Å². The van der Waals surface area contributed by atoms with Gasteiger partial charge in [-0.1, -0.05) is 0 Å². The summed E-state index contributed by atoms with van der Waals surface area (Å²) in [5.74, 6) is 0.627. The fourth-order valence-electron chi connectivity index (χ4n) is 1.38. The van der Waals surface area contributed by atoms with E-state index < -0.39 is 5.97 Å². The Bertz CT molecular complexity index is 466. The number of furan rings is 1. The van der Waals surface area contributed by atoms with Crippen LogP contribution in [0.25, 0.3) is 0 Å². The highest BCUT2D eigenvalue weighted by Crippen LogP contribution is 2.17. The van der Waals surface area contributed by atoms with Crippen molar-refractivity contribution in [3.63, 3.8) is 0 Å². The molecule has 6 heteroatoms. The summed E-state index contributed by atoms with van der Waals surface area (Å²) >= 11 is 1.45. The maximum Gasteiger partial charge on any atom is 0.373 e. The van der Waals surface area contributed by atoms with E-state index in [0.717, 1.165) is 0 Å². The first kappa shape index (κ1) is 11.8. The lowest BCUT2D eigenvalue weighted by Gasteiger charge is -2.19. The van der Waals surface area contributed by atoms with E-state index in [1.165, 1.54) is 24.9 Å². The van der Waals surface area contributed by atoms with Crippen molar-refractivity contribution >= 4 is 23.6 Å². The molecule has 0 saturated heterocycles. The molecule has 2 heterocycles. The highest BCUT2D eigenvalue weighted by atomic mass is 32.2. The Morgan fingerprint density at radius 3 is 3.12 bits per heavy atom. The van der Waals surface area contributed by atoms with Crippen molar-refractivity contribution in [1.29, 1.82) is 0 Å². The van der Waals surface area contributed by atoms with E-state index in [1.807, 2.05) is 5.41 Å². The Labute approximate surface area is 102 Å². The molecule has 0 bridgehead atoms. The van der Waals surface area contributed by atoms with Gasteiger partial charge < -0.3 is 14.1 Å². The Morgan fingerprint density at radius 1 is 1.59 bits per heavy atom. The summed E-state index contributed by atoms with van der Waals surface area (Å²) < 4.78 is 9.81. The predicted molar refractivity (Wildman–Crippen MR) is 62.2 cm³/mol. The van der Waals surface area contributed by atoms with Crippen molar-refractivity contribution in [2.75, 3.05) is 12.9 Å². The zero-order valence-electron chi connectivity index (χ0n) is 9.21. The maximum atomic E-state index is 11.5. The van der Waals surface area contributed by atoms with Crippen molar-refractivity contribution in [2.45, 2.75) is 6.54 Å². The van der Waals surface area contributed by atoms with E-state index in [1.54, 1.807) is 17.2 Å². The Hall–Kier alpha value is -1.69. The fourth-order valence-corrected chi connectivity index (χ4v) is 2.02. The molecule has 0 radical (unpaired) electrons. The van der Waals surface area contributed by atoms with Crippen LogP contribution < -0.4 is 0 Å². The third-order valence-electron chi connectivity index (χ3n) is 2.24. The van der Waals surface area contributed by atoms with Crippen LogP contribution in [0.3, 0.4) is 0 Å². The summed E-state index contributed by atoms with van der Waals surface area (Å²) in [7, 11) is 1.29. The lowest BCUT2D eigenvalue weighted by Crippen LogP contribution is -2.28. The van der Waals surface area contributed by atoms with Crippen LogP contribution in [0.4, 0.5) is 0 Å². The highest BCUT2D eigenvalue weighted by molar-refractivity contribution is 8.02. The first-order chi connectivity index (χ1) is 8.20. The van der Waals surface area contributed by atoms with Crippen LogP contribution in [0.5, 0.6) is 0 Å². The molecule has 1 amide bonds. The normalized spacial score (nSPS) is 15.1. The van der Waals surface area contributed by atoms with Gasteiger partial charge >= 0.3 is 5.97 Å². The molecule has 0 unspecified atom stereocenters. The standard InChI is InChI=1S/C11H11NO4S/c1-15-11(14)9-3-2-8(16-9)6-12-4-5-17-7-10(12)13/h2-5H,6-7H2,1H3. The number of amides is 1.